The second-order valence-corrected chi connectivity index (χ2v) is 22.0. The molecule has 1 aromatic carbocycles. The first kappa shape index (κ1) is 62.9. The van der Waals surface area contributed by atoms with Gasteiger partial charge in [0, 0.05) is 21.1 Å². The Morgan fingerprint density at radius 2 is 1.06 bits per heavy atom. The van der Waals surface area contributed by atoms with Gasteiger partial charge >= 0.3 is 25.9 Å². The zero-order valence-electron chi connectivity index (χ0n) is 46.4. The van der Waals surface area contributed by atoms with Gasteiger partial charge in [-0.1, -0.05) is 18.2 Å². The van der Waals surface area contributed by atoms with Gasteiger partial charge in [-0.2, -0.15) is 43.8 Å². The Bertz CT molecular complexity index is 3390. The van der Waals surface area contributed by atoms with Crippen LogP contribution in [0, 0.1) is 12.2 Å². The molecule has 3 fully saturated rings. The molecule has 30 nitrogen and oxygen atoms in total. The molecule has 36 heteroatoms. The molecule has 6 aromatic heterocycles. The van der Waals surface area contributed by atoms with Crippen LogP contribution in [-0.2, 0) is 32.8 Å². The highest BCUT2D eigenvalue weighted by Crippen LogP contribution is 2.49. The Balaban J connectivity index is 0.000000177. The predicted octanol–water partition coefficient (Wildman–Crippen LogP) is 2.54. The molecule has 14 atom stereocenters. The number of nitrogen functional groups attached to an aromatic ring is 1. The SMILES string of the molecule is CNc1nc(F)nc2c1ncn2[C@@H]1O[C@](C)(CO)[C@@H](O)[C@@H]1F.CNc1nc(F)nc2c1ncn2[C@@H]1O[C@](C)(CO[P@@](=O)(N[C@@H](C)C(=O)OC(C)C)Oc2ccccc2)[C@@H](O)[C@@H]1F.CNc1nc(N)nc2c1ncn2[C@@H]1O[C@](C)(CO)[C@@H](O)[C@@H]1F. The number of hydrogen-bond acceptors (Lipinski definition) is 26. The Kier molecular flexibility index (Phi) is 18.6. The highest BCUT2D eigenvalue weighted by Gasteiger charge is 2.56. The van der Waals surface area contributed by atoms with Crippen molar-refractivity contribution in [2.24, 2.45) is 0 Å². The van der Waals surface area contributed by atoms with Crippen LogP contribution in [0.2, 0.25) is 0 Å². The number of esters is 1. The van der Waals surface area contributed by atoms with Crippen LogP contribution in [0.4, 0.5) is 45.4 Å². The quantitative estimate of drug-likeness (QED) is 0.0271. The number of aliphatic hydroxyl groups excluding tert-OH is 5. The van der Waals surface area contributed by atoms with Crippen molar-refractivity contribution in [3.63, 3.8) is 0 Å². The van der Waals surface area contributed by atoms with E-state index in [1.165, 1.54) is 82.0 Å². The molecule has 10 rings (SSSR count). The summed E-state index contributed by atoms with van der Waals surface area (Å²) in [7, 11) is 0.364. The second-order valence-electron chi connectivity index (χ2n) is 20.3. The molecule has 3 aliphatic rings. The molecule has 9 heterocycles. The molecule has 0 amide bonds. The van der Waals surface area contributed by atoms with E-state index in [1.807, 2.05) is 0 Å². The molecule has 458 valence electrons. The highest BCUT2D eigenvalue weighted by atomic mass is 31.2. The van der Waals surface area contributed by atoms with Crippen molar-refractivity contribution in [1.29, 1.82) is 0 Å². The lowest BCUT2D eigenvalue weighted by atomic mass is 9.99. The fourth-order valence-electron chi connectivity index (χ4n) is 9.06. The molecule has 11 N–H and O–H groups in total. The van der Waals surface area contributed by atoms with Crippen molar-refractivity contribution in [2.75, 3.05) is 62.6 Å². The molecule has 0 bridgehead atoms. The third-order valence-electron chi connectivity index (χ3n) is 13.7. The Morgan fingerprint density at radius 3 is 1.45 bits per heavy atom. The van der Waals surface area contributed by atoms with Crippen molar-refractivity contribution in [1.82, 2.24) is 63.6 Å². The molecule has 0 spiro atoms. The summed E-state index contributed by atoms with van der Waals surface area (Å²) in [4.78, 5) is 47.2. The number of halogens is 5. The lowest BCUT2D eigenvalue weighted by molar-refractivity contribution is -0.149. The van der Waals surface area contributed by atoms with Crippen LogP contribution in [0.25, 0.3) is 33.5 Å². The number of alkyl halides is 3. The number of aromatic nitrogens is 12. The normalized spacial score (nSPS) is 28.6. The second kappa shape index (κ2) is 24.8. The van der Waals surface area contributed by atoms with Gasteiger partial charge in [0.25, 0.3) is 0 Å². The summed E-state index contributed by atoms with van der Waals surface area (Å²) in [6.07, 6.45) is -13.1. The van der Waals surface area contributed by atoms with E-state index < -0.39 is 130 Å². The lowest BCUT2D eigenvalue weighted by Gasteiger charge is -2.30. The van der Waals surface area contributed by atoms with Gasteiger partial charge in [0.05, 0.1) is 44.9 Å². The lowest BCUT2D eigenvalue weighted by Crippen LogP contribution is -2.44. The molecule has 3 saturated heterocycles. The molecule has 84 heavy (non-hydrogen) atoms. The van der Waals surface area contributed by atoms with E-state index in [0.717, 1.165) is 4.57 Å². The van der Waals surface area contributed by atoms with Crippen LogP contribution in [0.5, 0.6) is 5.75 Å². The van der Waals surface area contributed by atoms with Gasteiger partial charge < -0.3 is 70.7 Å². The van der Waals surface area contributed by atoms with Gasteiger partial charge in [-0.05, 0) is 53.7 Å². The Labute approximate surface area is 473 Å². The van der Waals surface area contributed by atoms with Crippen molar-refractivity contribution < 1.29 is 84.8 Å². The van der Waals surface area contributed by atoms with E-state index in [4.69, 9.17) is 33.7 Å². The van der Waals surface area contributed by atoms with Gasteiger partial charge in [0.1, 0.15) is 46.9 Å². The van der Waals surface area contributed by atoms with Crippen molar-refractivity contribution >= 4 is 70.6 Å². The Morgan fingerprint density at radius 1 is 0.667 bits per heavy atom. The molecule has 7 aromatic rings. The average molecular weight is 1210 g/mol. The van der Waals surface area contributed by atoms with Crippen molar-refractivity contribution in [2.45, 2.75) is 126 Å². The maximum absolute atomic E-state index is 15.4. The van der Waals surface area contributed by atoms with Crippen LogP contribution in [-0.4, -0.2) is 197 Å². The summed E-state index contributed by atoms with van der Waals surface area (Å²) in [5, 5.41) is 60.0. The smallest absolute Gasteiger partial charge is 0.459 e. The fourth-order valence-corrected chi connectivity index (χ4v) is 10.6. The van der Waals surface area contributed by atoms with Gasteiger partial charge in [0.2, 0.25) is 5.95 Å². The van der Waals surface area contributed by atoms with Gasteiger partial charge in [-0.15, -0.1) is 0 Å². The number of para-hydroxylation sites is 1. The number of carbonyl (C=O) groups excluding carboxylic acids is 1. The fraction of sp³-hybridized carbons (Fsp3) is 0.542. The van der Waals surface area contributed by atoms with E-state index in [9.17, 15) is 52.5 Å². The number of nitrogens with one attached hydrogen (secondary N) is 4. The minimum Gasteiger partial charge on any atom is -0.462 e. The van der Waals surface area contributed by atoms with Crippen LogP contribution >= 0.6 is 7.75 Å². The number of nitrogens with two attached hydrogens (primary N) is 1. The minimum atomic E-state index is -4.33. The van der Waals surface area contributed by atoms with Crippen molar-refractivity contribution in [3.05, 3.63) is 61.5 Å². The standard InChI is InChI=1S/C24H31F2N6O7P.C12H15F2N5O3.C12H17FN6O3/c1-13(2)37-22(34)14(3)31-40(35,39-15-9-7-6-8-10-15)36-11-24(4)18(33)16(25)21(38-24)32-12-28-17-19(27-5)29-23(26)30-20(17)32;2*1-12(3-20)7(21)5(13)10(22-12)19-4-16-6-8(15-2)17-11(14)18-9(6)19/h6-10,12-14,16,18,21,33H,11H2,1-5H3,(H,31,35)(H,27,29,30);4-5,7,10,20-21H,3H2,1-2H3,(H,15,17,18);4-5,7,10,20-21H,3H2,1-2H3,(H3,14,15,17,18)/t14-,16-,18-,21+,24+,40-;2*5-,7-,10+,12+/m000/s1. The first-order valence-electron chi connectivity index (χ1n) is 25.7. The summed E-state index contributed by atoms with van der Waals surface area (Å²) < 4.78 is 122. The first-order valence-corrected chi connectivity index (χ1v) is 27.2. The maximum Gasteiger partial charge on any atom is 0.459 e. The van der Waals surface area contributed by atoms with Gasteiger partial charge in [-0.25, -0.2) is 32.7 Å². The van der Waals surface area contributed by atoms with E-state index in [2.05, 4.69) is 65.9 Å². The van der Waals surface area contributed by atoms with Gasteiger partial charge in [-0.3, -0.25) is 23.0 Å². The van der Waals surface area contributed by atoms with E-state index in [0.29, 0.717) is 11.3 Å². The third-order valence-corrected chi connectivity index (χ3v) is 15.3. The third kappa shape index (κ3) is 12.3. The predicted molar refractivity (Wildman–Crippen MR) is 286 cm³/mol. The number of rotatable bonds is 17. The van der Waals surface area contributed by atoms with Crippen LogP contribution in [0.1, 0.15) is 60.2 Å². The van der Waals surface area contributed by atoms with Crippen LogP contribution in [0.15, 0.2) is 49.3 Å². The first-order chi connectivity index (χ1) is 39.7. The van der Waals surface area contributed by atoms with E-state index in [1.54, 1.807) is 39.1 Å². The number of fused-ring (bicyclic) bond motifs is 3. The number of imidazole rings is 3. The zero-order chi connectivity index (χ0) is 61.4. The molecule has 0 aliphatic carbocycles. The zero-order valence-corrected chi connectivity index (χ0v) is 47.3. The van der Waals surface area contributed by atoms with Crippen molar-refractivity contribution in [3.8, 4) is 5.75 Å². The number of anilines is 4. The summed E-state index contributed by atoms with van der Waals surface area (Å²) in [5.74, 6) is 0.0908. The van der Waals surface area contributed by atoms with Gasteiger partial charge in [0.15, 0.2) is 88.1 Å². The number of aliphatic hydroxyl groups is 5. The number of carbonyl (C=O) groups is 1. The minimum absolute atomic E-state index is 0.00234. The highest BCUT2D eigenvalue weighted by molar-refractivity contribution is 7.52. The maximum atomic E-state index is 15.4. The summed E-state index contributed by atoms with van der Waals surface area (Å²) in [5.41, 5.74) is 2.05. The molecular weight excluding hydrogens is 1150 g/mol. The van der Waals surface area contributed by atoms with E-state index in [-0.39, 0.29) is 51.3 Å². The number of nitrogens with zero attached hydrogens (tertiary/aromatic N) is 12. The Hall–Kier alpha value is -7.18. The number of hydrogen-bond donors (Lipinski definition) is 10. The van der Waals surface area contributed by atoms with Crippen LogP contribution < -0.4 is 31.3 Å². The molecule has 0 saturated carbocycles. The monoisotopic (exact) mass is 1210 g/mol. The number of ether oxygens (including phenoxy) is 4. The summed E-state index contributed by atoms with van der Waals surface area (Å²) in [6, 6.07) is 6.93. The summed E-state index contributed by atoms with van der Waals surface area (Å²) in [6.45, 7) is 7.19. The largest absolute Gasteiger partial charge is 0.462 e. The summed E-state index contributed by atoms with van der Waals surface area (Å²) >= 11 is 0. The van der Waals surface area contributed by atoms with E-state index >= 15 is 4.39 Å². The number of benzene rings is 1. The topological polar surface area (TPSA) is 396 Å². The molecule has 3 aliphatic heterocycles. The molecule has 0 unspecified atom stereocenters. The molecule has 0 radical (unpaired) electrons. The average Bonchev–Trinajstić information content (AvgIpc) is 2.80. The van der Waals surface area contributed by atoms with Crippen LogP contribution in [0.3, 0.4) is 0 Å². The molecular formula is C48H63F5N17O13P.